The normalized spacial score (nSPS) is 13.2. The highest BCUT2D eigenvalue weighted by Crippen LogP contribution is 2.29. The van der Waals surface area contributed by atoms with Crippen LogP contribution in [0.5, 0.6) is 0 Å². The lowest BCUT2D eigenvalue weighted by Crippen LogP contribution is -2.22. The molecule has 0 aliphatic carbocycles. The topological polar surface area (TPSA) is 86.1 Å². The van der Waals surface area contributed by atoms with Gasteiger partial charge in [0.25, 0.3) is 5.56 Å². The van der Waals surface area contributed by atoms with E-state index < -0.39 is 38.2 Å². The van der Waals surface area contributed by atoms with Gasteiger partial charge in [-0.05, 0) is 18.2 Å². The standard InChI is InChI=1S/C16H8F2N2O4S/c1-25(23,24)8-2-3-12-9(6-8)14(21)15-19-11-5-7(17)4-10(18)13(11)16(22)20(12)15/h2-6H,1H3. The van der Waals surface area contributed by atoms with Gasteiger partial charge in [0.1, 0.15) is 17.0 Å². The largest absolute Gasteiger partial charge is 0.285 e. The van der Waals surface area contributed by atoms with Crippen molar-refractivity contribution in [1.82, 2.24) is 9.55 Å². The number of rotatable bonds is 1. The maximum atomic E-state index is 14.0. The van der Waals surface area contributed by atoms with Gasteiger partial charge in [-0.1, -0.05) is 0 Å². The number of carbonyl (C=O) groups is 1. The average molecular weight is 362 g/mol. The highest BCUT2D eigenvalue weighted by molar-refractivity contribution is 7.90. The van der Waals surface area contributed by atoms with Crippen molar-refractivity contribution in [1.29, 1.82) is 0 Å². The molecule has 0 amide bonds. The number of aromatic nitrogens is 2. The highest BCUT2D eigenvalue weighted by atomic mass is 32.2. The van der Waals surface area contributed by atoms with E-state index in [2.05, 4.69) is 4.98 Å². The second kappa shape index (κ2) is 4.79. The number of hydrogen-bond donors (Lipinski definition) is 0. The van der Waals surface area contributed by atoms with E-state index in [1.54, 1.807) is 0 Å². The summed E-state index contributed by atoms with van der Waals surface area (Å²) in [7, 11) is -3.57. The lowest BCUT2D eigenvalue weighted by molar-refractivity contribution is 0.103. The van der Waals surface area contributed by atoms with E-state index in [-0.39, 0.29) is 27.5 Å². The summed E-state index contributed by atoms with van der Waals surface area (Å²) >= 11 is 0. The molecule has 0 fully saturated rings. The molecule has 0 unspecified atom stereocenters. The summed E-state index contributed by atoms with van der Waals surface area (Å²) < 4.78 is 51.6. The zero-order valence-corrected chi connectivity index (χ0v) is 13.4. The first-order valence-corrected chi connectivity index (χ1v) is 8.88. The third-order valence-corrected chi connectivity index (χ3v) is 5.08. The van der Waals surface area contributed by atoms with Gasteiger partial charge in [0.2, 0.25) is 5.78 Å². The van der Waals surface area contributed by atoms with Gasteiger partial charge in [0, 0.05) is 18.4 Å². The molecule has 0 saturated heterocycles. The lowest BCUT2D eigenvalue weighted by atomic mass is 10.1. The minimum Gasteiger partial charge on any atom is -0.285 e. The van der Waals surface area contributed by atoms with Crippen molar-refractivity contribution in [3.63, 3.8) is 0 Å². The third kappa shape index (κ3) is 2.12. The van der Waals surface area contributed by atoms with E-state index in [9.17, 15) is 26.8 Å². The molecule has 4 rings (SSSR count). The van der Waals surface area contributed by atoms with Crippen LogP contribution < -0.4 is 5.56 Å². The van der Waals surface area contributed by atoms with E-state index in [0.29, 0.717) is 6.07 Å². The number of sulfone groups is 1. The van der Waals surface area contributed by atoms with Crippen LogP contribution in [0.25, 0.3) is 16.6 Å². The van der Waals surface area contributed by atoms with E-state index in [1.807, 2.05) is 0 Å². The Kier molecular flexibility index (Phi) is 2.99. The van der Waals surface area contributed by atoms with Crippen LogP contribution in [-0.2, 0) is 9.84 Å². The first-order valence-electron chi connectivity index (χ1n) is 6.99. The van der Waals surface area contributed by atoms with Crippen LogP contribution >= 0.6 is 0 Å². The first kappa shape index (κ1) is 15.6. The monoisotopic (exact) mass is 362 g/mol. The Labute approximate surface area is 139 Å². The lowest BCUT2D eigenvalue weighted by Gasteiger charge is -2.06. The molecule has 0 atom stereocenters. The fourth-order valence-corrected chi connectivity index (χ4v) is 3.50. The number of fused-ring (bicyclic) bond motifs is 4. The van der Waals surface area contributed by atoms with Crippen molar-refractivity contribution >= 4 is 26.5 Å². The van der Waals surface area contributed by atoms with E-state index in [4.69, 9.17) is 0 Å². The van der Waals surface area contributed by atoms with E-state index in [1.165, 1.54) is 12.1 Å². The van der Waals surface area contributed by atoms with Gasteiger partial charge in [-0.2, -0.15) is 0 Å². The molecule has 0 radical (unpaired) electrons. The number of carbonyl (C=O) groups excluding carboxylic acids is 1. The summed E-state index contributed by atoms with van der Waals surface area (Å²) in [6, 6.07) is 5.09. The van der Waals surface area contributed by atoms with Gasteiger partial charge in [-0.15, -0.1) is 0 Å². The van der Waals surface area contributed by atoms with Crippen molar-refractivity contribution in [3.05, 3.63) is 63.7 Å². The molecule has 2 aromatic carbocycles. The molecule has 0 spiro atoms. The summed E-state index contributed by atoms with van der Waals surface area (Å²) in [5.41, 5.74) is -1.07. The molecule has 1 aliphatic heterocycles. The van der Waals surface area contributed by atoms with Crippen molar-refractivity contribution < 1.29 is 22.0 Å². The average Bonchev–Trinajstić information content (AvgIpc) is 2.78. The number of halogens is 2. The SMILES string of the molecule is CS(=O)(=O)c1ccc2c(c1)C(=O)c1nc3cc(F)cc(F)c3c(=O)n1-2. The predicted molar refractivity (Wildman–Crippen MR) is 83.8 cm³/mol. The van der Waals surface area contributed by atoms with Crippen LogP contribution in [0.15, 0.2) is 40.0 Å². The van der Waals surface area contributed by atoms with Gasteiger partial charge in [-0.25, -0.2) is 22.2 Å². The maximum absolute atomic E-state index is 14.0. The molecule has 126 valence electrons. The Bertz CT molecular complexity index is 1280. The fraction of sp³-hybridized carbons (Fsp3) is 0.0625. The molecule has 1 aliphatic rings. The Balaban J connectivity index is 2.11. The minimum absolute atomic E-state index is 0.0382. The number of nitrogens with zero attached hydrogens (tertiary/aromatic N) is 2. The van der Waals surface area contributed by atoms with Crippen LogP contribution in [0.2, 0.25) is 0 Å². The number of benzene rings is 2. The van der Waals surface area contributed by atoms with Crippen LogP contribution in [0.1, 0.15) is 16.2 Å². The summed E-state index contributed by atoms with van der Waals surface area (Å²) in [4.78, 5) is 29.0. The Morgan fingerprint density at radius 2 is 1.80 bits per heavy atom. The zero-order chi connectivity index (χ0) is 18.1. The van der Waals surface area contributed by atoms with Gasteiger partial charge in [-0.3, -0.25) is 14.2 Å². The molecule has 3 aromatic rings. The van der Waals surface area contributed by atoms with Gasteiger partial charge < -0.3 is 0 Å². The van der Waals surface area contributed by atoms with Gasteiger partial charge in [0.05, 0.1) is 21.7 Å². The van der Waals surface area contributed by atoms with Crippen molar-refractivity contribution in [2.24, 2.45) is 0 Å². The molecular formula is C16H8F2N2O4S. The minimum atomic E-state index is -3.57. The summed E-state index contributed by atoms with van der Waals surface area (Å²) in [6.07, 6.45) is 0.984. The van der Waals surface area contributed by atoms with Crippen LogP contribution in [0.3, 0.4) is 0 Å². The van der Waals surface area contributed by atoms with Crippen LogP contribution in [-0.4, -0.2) is 30.0 Å². The Morgan fingerprint density at radius 3 is 2.48 bits per heavy atom. The quantitative estimate of drug-likeness (QED) is 0.514. The smallest absolute Gasteiger partial charge is 0.269 e. The van der Waals surface area contributed by atoms with Crippen LogP contribution in [0.4, 0.5) is 8.78 Å². The second-order valence-electron chi connectivity index (χ2n) is 5.64. The van der Waals surface area contributed by atoms with Gasteiger partial charge >= 0.3 is 0 Å². The molecule has 9 heteroatoms. The molecule has 6 nitrogen and oxygen atoms in total. The summed E-state index contributed by atoms with van der Waals surface area (Å²) in [6.45, 7) is 0. The number of hydrogen-bond acceptors (Lipinski definition) is 5. The molecule has 2 heterocycles. The van der Waals surface area contributed by atoms with Crippen molar-refractivity contribution in [3.8, 4) is 5.69 Å². The highest BCUT2D eigenvalue weighted by Gasteiger charge is 2.32. The first-order chi connectivity index (χ1) is 11.7. The Hall–Kier alpha value is -2.94. The molecule has 0 N–H and O–H groups in total. The predicted octanol–water partition coefficient (Wildman–Crippen LogP) is 1.61. The van der Waals surface area contributed by atoms with Gasteiger partial charge in [0.15, 0.2) is 15.7 Å². The summed E-state index contributed by atoms with van der Waals surface area (Å²) in [5.74, 6) is -3.02. The Morgan fingerprint density at radius 1 is 1.08 bits per heavy atom. The molecular weight excluding hydrogens is 354 g/mol. The van der Waals surface area contributed by atoms with E-state index in [0.717, 1.165) is 23.0 Å². The van der Waals surface area contributed by atoms with E-state index >= 15 is 0 Å². The zero-order valence-electron chi connectivity index (χ0n) is 12.6. The molecule has 1 aromatic heterocycles. The molecule has 0 saturated carbocycles. The third-order valence-electron chi connectivity index (χ3n) is 3.97. The summed E-state index contributed by atoms with van der Waals surface area (Å²) in [5, 5.41) is -0.446. The van der Waals surface area contributed by atoms with Crippen molar-refractivity contribution in [2.45, 2.75) is 4.90 Å². The maximum Gasteiger partial charge on any atom is 0.269 e. The fourth-order valence-electron chi connectivity index (χ4n) is 2.85. The second-order valence-corrected chi connectivity index (χ2v) is 7.65. The van der Waals surface area contributed by atoms with Crippen molar-refractivity contribution in [2.75, 3.05) is 6.26 Å². The number of ketones is 1. The molecule has 0 bridgehead atoms. The van der Waals surface area contributed by atoms with Crippen LogP contribution in [0, 0.1) is 11.6 Å². The molecule has 25 heavy (non-hydrogen) atoms.